The molecule has 0 atom stereocenters. The fourth-order valence-electron chi connectivity index (χ4n) is 2.18. The number of phenolic OH excluding ortho intramolecular Hbond substituents is 1. The predicted octanol–water partition coefficient (Wildman–Crippen LogP) is 2.60. The van der Waals surface area contributed by atoms with E-state index >= 15 is 0 Å². The minimum Gasteiger partial charge on any atom is -0.507 e. The van der Waals surface area contributed by atoms with E-state index in [2.05, 4.69) is 20.8 Å². The van der Waals surface area contributed by atoms with Crippen molar-refractivity contribution in [2.75, 3.05) is 0 Å². The number of para-hydroxylation sites is 1. The van der Waals surface area contributed by atoms with Crippen LogP contribution >= 0.6 is 11.6 Å². The molecule has 122 valence electrons. The normalized spacial score (nSPS) is 11.7. The minimum atomic E-state index is -0.544. The summed E-state index contributed by atoms with van der Waals surface area (Å²) in [4.78, 5) is 12.1. The van der Waals surface area contributed by atoms with Crippen molar-refractivity contribution in [1.82, 2.24) is 20.4 Å². The summed E-state index contributed by atoms with van der Waals surface area (Å²) in [7, 11) is 0. The SMILES string of the molecule is C/C(Cn1nnc2ccccc21)=N\NC(=O)c1cc(Cl)ccc1O. The first kappa shape index (κ1) is 15.9. The number of aromatic hydroxyl groups is 1. The maximum Gasteiger partial charge on any atom is 0.275 e. The van der Waals surface area contributed by atoms with Crippen LogP contribution in [0.2, 0.25) is 5.02 Å². The van der Waals surface area contributed by atoms with E-state index in [4.69, 9.17) is 11.6 Å². The van der Waals surface area contributed by atoms with E-state index in [0.717, 1.165) is 11.0 Å². The van der Waals surface area contributed by atoms with Gasteiger partial charge in [0.1, 0.15) is 11.3 Å². The van der Waals surface area contributed by atoms with Gasteiger partial charge in [0.15, 0.2) is 0 Å². The van der Waals surface area contributed by atoms with Crippen molar-refractivity contribution < 1.29 is 9.90 Å². The van der Waals surface area contributed by atoms with Gasteiger partial charge in [-0.15, -0.1) is 5.10 Å². The van der Waals surface area contributed by atoms with Gasteiger partial charge >= 0.3 is 0 Å². The van der Waals surface area contributed by atoms with E-state index in [9.17, 15) is 9.90 Å². The molecule has 0 bridgehead atoms. The van der Waals surface area contributed by atoms with Crippen molar-refractivity contribution in [1.29, 1.82) is 0 Å². The van der Waals surface area contributed by atoms with Gasteiger partial charge in [0.25, 0.3) is 5.91 Å². The molecule has 0 saturated heterocycles. The topological polar surface area (TPSA) is 92.4 Å². The Balaban J connectivity index is 1.72. The number of nitrogens with one attached hydrogen (secondary N) is 1. The number of hydrazone groups is 1. The zero-order chi connectivity index (χ0) is 17.1. The zero-order valence-electron chi connectivity index (χ0n) is 12.8. The Hall–Kier alpha value is -2.93. The lowest BCUT2D eigenvalue weighted by atomic mass is 10.2. The van der Waals surface area contributed by atoms with E-state index in [-0.39, 0.29) is 11.3 Å². The maximum absolute atomic E-state index is 12.1. The Morgan fingerprint density at radius 2 is 2.12 bits per heavy atom. The second-order valence-electron chi connectivity index (χ2n) is 5.19. The molecule has 2 N–H and O–H groups in total. The number of carbonyl (C=O) groups excluding carboxylic acids is 1. The first-order valence-corrected chi connectivity index (χ1v) is 7.52. The highest BCUT2D eigenvalue weighted by molar-refractivity contribution is 6.31. The van der Waals surface area contributed by atoms with Crippen LogP contribution in [0.3, 0.4) is 0 Å². The summed E-state index contributed by atoms with van der Waals surface area (Å²) in [6.45, 7) is 2.14. The van der Waals surface area contributed by atoms with E-state index < -0.39 is 5.91 Å². The number of hydrogen-bond donors (Lipinski definition) is 2. The summed E-state index contributed by atoms with van der Waals surface area (Å²) in [5, 5.41) is 22.2. The van der Waals surface area contributed by atoms with Crippen LogP contribution in [0, 0.1) is 0 Å². The highest BCUT2D eigenvalue weighted by Gasteiger charge is 2.11. The van der Waals surface area contributed by atoms with Crippen molar-refractivity contribution in [2.24, 2.45) is 5.10 Å². The number of aromatic nitrogens is 3. The zero-order valence-corrected chi connectivity index (χ0v) is 13.5. The van der Waals surface area contributed by atoms with Crippen molar-refractivity contribution >= 4 is 34.3 Å². The summed E-state index contributed by atoms with van der Waals surface area (Å²) in [5.74, 6) is -0.704. The molecule has 0 radical (unpaired) electrons. The van der Waals surface area contributed by atoms with Gasteiger partial charge in [-0.3, -0.25) is 4.79 Å². The van der Waals surface area contributed by atoms with Gasteiger partial charge in [0, 0.05) is 5.02 Å². The third-order valence-electron chi connectivity index (χ3n) is 3.35. The summed E-state index contributed by atoms with van der Waals surface area (Å²) < 4.78 is 1.69. The van der Waals surface area contributed by atoms with Crippen molar-refractivity contribution in [3.8, 4) is 5.75 Å². The van der Waals surface area contributed by atoms with Crippen LogP contribution < -0.4 is 5.43 Å². The Morgan fingerprint density at radius 1 is 1.33 bits per heavy atom. The number of hydrogen-bond acceptors (Lipinski definition) is 5. The predicted molar refractivity (Wildman–Crippen MR) is 91.2 cm³/mol. The number of nitrogens with zero attached hydrogens (tertiary/aromatic N) is 4. The van der Waals surface area contributed by atoms with Crippen LogP contribution in [0.4, 0.5) is 0 Å². The Kier molecular flexibility index (Phi) is 4.43. The lowest BCUT2D eigenvalue weighted by molar-refractivity contribution is 0.0952. The number of benzene rings is 2. The first-order chi connectivity index (χ1) is 11.5. The molecule has 1 aromatic heterocycles. The average Bonchev–Trinajstić information content (AvgIpc) is 2.98. The molecular formula is C16H14ClN5O2. The van der Waals surface area contributed by atoms with Gasteiger partial charge in [0.05, 0.1) is 23.3 Å². The van der Waals surface area contributed by atoms with Gasteiger partial charge in [-0.05, 0) is 37.3 Å². The molecule has 7 nitrogen and oxygen atoms in total. The summed E-state index contributed by atoms with van der Waals surface area (Å²) in [5.41, 5.74) is 4.75. The molecule has 2 aromatic carbocycles. The Morgan fingerprint density at radius 3 is 2.96 bits per heavy atom. The summed E-state index contributed by atoms with van der Waals surface area (Å²) in [6.07, 6.45) is 0. The molecular weight excluding hydrogens is 330 g/mol. The molecule has 0 unspecified atom stereocenters. The van der Waals surface area contributed by atoms with E-state index in [1.54, 1.807) is 11.6 Å². The van der Waals surface area contributed by atoms with Crippen molar-refractivity contribution in [2.45, 2.75) is 13.5 Å². The van der Waals surface area contributed by atoms with Gasteiger partial charge < -0.3 is 5.11 Å². The average molecular weight is 344 g/mol. The molecule has 0 aliphatic carbocycles. The number of rotatable bonds is 4. The monoisotopic (exact) mass is 343 g/mol. The maximum atomic E-state index is 12.1. The molecule has 1 heterocycles. The number of phenols is 1. The van der Waals surface area contributed by atoms with Crippen molar-refractivity contribution in [3.05, 3.63) is 53.1 Å². The highest BCUT2D eigenvalue weighted by Crippen LogP contribution is 2.21. The number of halogens is 1. The van der Waals surface area contributed by atoms with Crippen LogP contribution in [0.25, 0.3) is 11.0 Å². The van der Waals surface area contributed by atoms with Gasteiger partial charge in [-0.2, -0.15) is 5.10 Å². The van der Waals surface area contributed by atoms with E-state index in [0.29, 0.717) is 17.3 Å². The lowest BCUT2D eigenvalue weighted by Gasteiger charge is -2.05. The quantitative estimate of drug-likeness (QED) is 0.562. The van der Waals surface area contributed by atoms with E-state index in [1.165, 1.54) is 18.2 Å². The largest absolute Gasteiger partial charge is 0.507 e. The molecule has 8 heteroatoms. The van der Waals surface area contributed by atoms with Gasteiger partial charge in [-0.1, -0.05) is 28.9 Å². The molecule has 24 heavy (non-hydrogen) atoms. The highest BCUT2D eigenvalue weighted by atomic mass is 35.5. The first-order valence-electron chi connectivity index (χ1n) is 7.15. The third kappa shape index (κ3) is 3.36. The van der Waals surface area contributed by atoms with Gasteiger partial charge in [0.2, 0.25) is 0 Å². The number of fused-ring (bicyclic) bond motifs is 1. The molecule has 3 rings (SSSR count). The molecule has 0 saturated carbocycles. The van der Waals surface area contributed by atoms with Crippen LogP contribution in [0.5, 0.6) is 5.75 Å². The lowest BCUT2D eigenvalue weighted by Crippen LogP contribution is -2.21. The Labute approximate surface area is 142 Å². The molecule has 3 aromatic rings. The fraction of sp³-hybridized carbons (Fsp3) is 0.125. The molecule has 0 aliphatic heterocycles. The minimum absolute atomic E-state index is 0.0604. The molecule has 0 spiro atoms. The van der Waals surface area contributed by atoms with E-state index in [1.807, 2.05) is 24.3 Å². The molecule has 0 fully saturated rings. The summed E-state index contributed by atoms with van der Waals surface area (Å²) >= 11 is 5.83. The van der Waals surface area contributed by atoms with Crippen LogP contribution in [-0.4, -0.2) is 31.7 Å². The molecule has 0 aliphatic rings. The van der Waals surface area contributed by atoms with Crippen LogP contribution in [0.1, 0.15) is 17.3 Å². The third-order valence-corrected chi connectivity index (χ3v) is 3.59. The second kappa shape index (κ2) is 6.67. The molecule has 1 amide bonds. The standard InChI is InChI=1S/C16H14ClN5O2/c1-10(9-22-14-5-3-2-4-13(14)19-21-22)18-20-16(24)12-8-11(17)6-7-15(12)23/h2-8,23H,9H2,1H3,(H,20,24)/b18-10+. The number of amides is 1. The Bertz CT molecular complexity index is 935. The van der Waals surface area contributed by atoms with Crippen molar-refractivity contribution in [3.63, 3.8) is 0 Å². The smallest absolute Gasteiger partial charge is 0.275 e. The van der Waals surface area contributed by atoms with Crippen LogP contribution in [0.15, 0.2) is 47.6 Å². The fourth-order valence-corrected chi connectivity index (χ4v) is 2.35. The van der Waals surface area contributed by atoms with Crippen LogP contribution in [-0.2, 0) is 6.54 Å². The number of carbonyl (C=O) groups is 1. The second-order valence-corrected chi connectivity index (χ2v) is 5.62. The summed E-state index contributed by atoms with van der Waals surface area (Å²) in [6, 6.07) is 11.8. The van der Waals surface area contributed by atoms with Gasteiger partial charge in [-0.25, -0.2) is 10.1 Å².